The van der Waals surface area contributed by atoms with Crippen LogP contribution in [0.2, 0.25) is 0 Å². The van der Waals surface area contributed by atoms with E-state index in [1.165, 1.54) is 6.20 Å². The molecule has 2 aromatic heterocycles. The van der Waals surface area contributed by atoms with Gasteiger partial charge < -0.3 is 44.6 Å². The summed E-state index contributed by atoms with van der Waals surface area (Å²) in [6.45, 7) is 6.03. The number of aromatic nitrogens is 2. The first kappa shape index (κ1) is 29.2. The molecule has 12 heteroatoms. The van der Waals surface area contributed by atoms with Gasteiger partial charge in [0.15, 0.2) is 12.6 Å². The molecule has 0 saturated carbocycles. The quantitative estimate of drug-likeness (QED) is 0.251. The van der Waals surface area contributed by atoms with Crippen LogP contribution in [-0.4, -0.2) is 105 Å². The monoisotopic (exact) mass is 575 g/mol. The highest BCUT2D eigenvalue weighted by atomic mass is 32.2. The number of rotatable bonds is 8. The summed E-state index contributed by atoms with van der Waals surface area (Å²) in [6.07, 6.45) is -2.54. The Morgan fingerprint density at radius 2 is 2.05 bits per heavy atom. The number of aromatic hydroxyl groups is 1. The summed E-state index contributed by atoms with van der Waals surface area (Å²) < 4.78 is 22.0. The Morgan fingerprint density at radius 3 is 2.75 bits per heavy atom. The number of Topliss-reactive ketones (excluding diaryl/α,β-unsaturated/α-hetero) is 1. The van der Waals surface area contributed by atoms with Crippen LogP contribution >= 0.6 is 11.8 Å². The number of ketones is 1. The molecule has 2 fully saturated rings. The predicted octanol–water partition coefficient (Wildman–Crippen LogP) is 2.32. The minimum atomic E-state index is -1.55. The fraction of sp³-hybridized carbons (Fsp3) is 0.571. The van der Waals surface area contributed by atoms with Crippen molar-refractivity contribution in [3.05, 3.63) is 36.2 Å². The standard InChI is InChI=1S/C28H37N3O8S/c1-13(2)30-19-12-37-21(11-20(19)36-4)39-24-26(34)28(40-5,14(3)38-27(24)35)25(33)23-22-16(8-9-29-23)17-10-15(32)6-7-18(17)31-22/h6-10,13-14,19-21,24,26-27,30-32,34-35H,11-12H2,1-5H3. The Hall–Kier alpha value is -2.29. The van der Waals surface area contributed by atoms with Gasteiger partial charge in [0, 0.05) is 42.1 Å². The van der Waals surface area contributed by atoms with Crippen molar-refractivity contribution in [2.45, 2.75) is 81.0 Å². The van der Waals surface area contributed by atoms with E-state index in [9.17, 15) is 20.1 Å². The van der Waals surface area contributed by atoms with E-state index in [0.29, 0.717) is 23.9 Å². The lowest BCUT2D eigenvalue weighted by Crippen LogP contribution is -2.68. The average molecular weight is 576 g/mol. The molecule has 2 saturated heterocycles. The third-order valence-corrected chi connectivity index (χ3v) is 9.32. The molecule has 3 aromatic rings. The van der Waals surface area contributed by atoms with E-state index < -0.39 is 41.4 Å². The molecule has 40 heavy (non-hydrogen) atoms. The molecule has 0 amide bonds. The van der Waals surface area contributed by atoms with E-state index in [4.69, 9.17) is 18.9 Å². The molecule has 8 unspecified atom stereocenters. The number of benzene rings is 1. The summed E-state index contributed by atoms with van der Waals surface area (Å²) in [5.41, 5.74) is 1.32. The zero-order chi connectivity index (χ0) is 28.8. The van der Waals surface area contributed by atoms with Crippen molar-refractivity contribution in [1.82, 2.24) is 15.3 Å². The molecule has 11 nitrogen and oxygen atoms in total. The molecule has 0 aliphatic carbocycles. The molecular formula is C28H37N3O8S. The van der Waals surface area contributed by atoms with Gasteiger partial charge in [-0.2, -0.15) is 0 Å². The van der Waals surface area contributed by atoms with Crippen LogP contribution in [0.15, 0.2) is 30.5 Å². The maximum Gasteiger partial charge on any atom is 0.204 e. The molecule has 5 N–H and O–H groups in total. The number of pyridine rings is 1. The Kier molecular flexibility index (Phi) is 8.42. The molecule has 0 bridgehead atoms. The van der Waals surface area contributed by atoms with Gasteiger partial charge in [-0.25, -0.2) is 0 Å². The van der Waals surface area contributed by atoms with E-state index in [2.05, 4.69) is 15.3 Å². The number of hydrogen-bond donors (Lipinski definition) is 5. The summed E-state index contributed by atoms with van der Waals surface area (Å²) in [5.74, 6) is -0.369. The normalized spacial score (nSPS) is 33.1. The Morgan fingerprint density at radius 1 is 1.27 bits per heavy atom. The van der Waals surface area contributed by atoms with E-state index in [1.807, 2.05) is 13.8 Å². The van der Waals surface area contributed by atoms with Crippen LogP contribution in [0.5, 0.6) is 5.75 Å². The number of nitrogens with one attached hydrogen (secondary N) is 2. The van der Waals surface area contributed by atoms with Gasteiger partial charge in [-0.15, -0.1) is 11.8 Å². The number of H-pyrrole nitrogens is 1. The molecule has 5 rings (SSSR count). The molecule has 0 radical (unpaired) electrons. The Balaban J connectivity index is 1.45. The number of aromatic amines is 1. The maximum atomic E-state index is 14.3. The van der Waals surface area contributed by atoms with E-state index in [1.54, 1.807) is 44.6 Å². The average Bonchev–Trinajstić information content (AvgIpc) is 3.29. The van der Waals surface area contributed by atoms with E-state index >= 15 is 0 Å². The highest BCUT2D eigenvalue weighted by Gasteiger charge is 2.60. The van der Waals surface area contributed by atoms with Crippen LogP contribution in [0.25, 0.3) is 21.8 Å². The van der Waals surface area contributed by atoms with Crippen molar-refractivity contribution in [2.24, 2.45) is 0 Å². The summed E-state index contributed by atoms with van der Waals surface area (Å²) in [4.78, 5) is 22.0. The topological polar surface area (TPSA) is 155 Å². The van der Waals surface area contributed by atoms with Gasteiger partial charge in [-0.1, -0.05) is 13.8 Å². The first-order valence-electron chi connectivity index (χ1n) is 13.4. The number of nitrogens with zero attached hydrogens (tertiary/aromatic N) is 1. The van der Waals surface area contributed by atoms with Crippen molar-refractivity contribution in [2.75, 3.05) is 20.0 Å². The van der Waals surface area contributed by atoms with Crippen LogP contribution in [-0.2, 0) is 18.9 Å². The summed E-state index contributed by atoms with van der Waals surface area (Å²) >= 11 is 1.13. The Labute approximate surface area is 236 Å². The first-order valence-corrected chi connectivity index (χ1v) is 14.6. The molecule has 4 heterocycles. The lowest BCUT2D eigenvalue weighted by molar-refractivity contribution is -0.310. The molecule has 1 aromatic carbocycles. The smallest absolute Gasteiger partial charge is 0.204 e. The van der Waals surface area contributed by atoms with Crippen molar-refractivity contribution >= 4 is 39.4 Å². The number of thioether (sulfide) groups is 1. The summed E-state index contributed by atoms with van der Waals surface area (Å²) in [7, 11) is 1.62. The van der Waals surface area contributed by atoms with Crippen molar-refractivity contribution in [3.63, 3.8) is 0 Å². The van der Waals surface area contributed by atoms with Crippen LogP contribution < -0.4 is 5.32 Å². The Bertz CT molecular complexity index is 1370. The zero-order valence-electron chi connectivity index (χ0n) is 23.2. The number of phenols is 1. The van der Waals surface area contributed by atoms with Crippen molar-refractivity contribution < 1.29 is 39.1 Å². The molecule has 2 aliphatic heterocycles. The highest BCUT2D eigenvalue weighted by Crippen LogP contribution is 2.44. The minimum absolute atomic E-state index is 0.0426. The zero-order valence-corrected chi connectivity index (χ0v) is 24.0. The second-order valence-corrected chi connectivity index (χ2v) is 11.8. The highest BCUT2D eigenvalue weighted by molar-refractivity contribution is 8.00. The second kappa shape index (κ2) is 11.5. The number of ether oxygens (including phenoxy) is 4. The van der Waals surface area contributed by atoms with Crippen molar-refractivity contribution in [3.8, 4) is 5.75 Å². The number of carbonyl (C=O) groups excluding carboxylic acids is 1. The van der Waals surface area contributed by atoms with E-state index in [-0.39, 0.29) is 29.6 Å². The maximum absolute atomic E-state index is 14.3. The van der Waals surface area contributed by atoms with Gasteiger partial charge in [-0.3, -0.25) is 9.78 Å². The number of aliphatic hydroxyl groups is 2. The van der Waals surface area contributed by atoms with Crippen LogP contribution in [0, 0.1) is 0 Å². The van der Waals surface area contributed by atoms with Gasteiger partial charge >= 0.3 is 0 Å². The fourth-order valence-electron chi connectivity index (χ4n) is 5.89. The minimum Gasteiger partial charge on any atom is -0.508 e. The SMILES string of the molecule is COC1CC(OC2C(O)OC(C)C(SC)(C(=O)c3nccc4c3[nH]c3ccc(O)cc34)C2O)OCC1NC(C)C. The number of aliphatic hydroxyl groups excluding tert-OH is 2. The predicted molar refractivity (Wildman–Crippen MR) is 150 cm³/mol. The number of carbonyl (C=O) groups is 1. The third-order valence-electron chi connectivity index (χ3n) is 7.89. The second-order valence-electron chi connectivity index (χ2n) is 10.7. The fourth-order valence-corrected chi connectivity index (χ4v) is 6.94. The third kappa shape index (κ3) is 5.01. The van der Waals surface area contributed by atoms with Crippen LogP contribution in [0.1, 0.15) is 37.7 Å². The number of fused-ring (bicyclic) bond motifs is 3. The van der Waals surface area contributed by atoms with E-state index in [0.717, 1.165) is 22.7 Å². The molecule has 2 aliphatic rings. The van der Waals surface area contributed by atoms with Crippen LogP contribution in [0.3, 0.4) is 0 Å². The number of methoxy groups -OCH3 is 1. The van der Waals surface area contributed by atoms with Crippen molar-refractivity contribution in [1.29, 1.82) is 0 Å². The lowest BCUT2D eigenvalue weighted by atomic mass is 9.83. The molecule has 218 valence electrons. The van der Waals surface area contributed by atoms with Gasteiger partial charge in [-0.05, 0) is 37.4 Å². The molecular weight excluding hydrogens is 538 g/mol. The van der Waals surface area contributed by atoms with Crippen LogP contribution in [0.4, 0.5) is 0 Å². The number of hydrogen-bond acceptors (Lipinski definition) is 11. The van der Waals surface area contributed by atoms with Gasteiger partial charge in [0.25, 0.3) is 0 Å². The largest absolute Gasteiger partial charge is 0.508 e. The number of phenolic OH excluding ortho intramolecular Hbond substituents is 1. The van der Waals surface area contributed by atoms with Gasteiger partial charge in [0.05, 0.1) is 30.4 Å². The van der Waals surface area contributed by atoms with Gasteiger partial charge in [0.2, 0.25) is 5.78 Å². The summed E-state index contributed by atoms with van der Waals surface area (Å²) in [6, 6.07) is 6.85. The molecule has 8 atom stereocenters. The molecule has 0 spiro atoms. The lowest BCUT2D eigenvalue weighted by Gasteiger charge is -2.49. The first-order chi connectivity index (χ1) is 19.1. The van der Waals surface area contributed by atoms with Gasteiger partial charge in [0.1, 0.15) is 28.4 Å². The summed E-state index contributed by atoms with van der Waals surface area (Å²) in [5, 5.41) is 37.4.